The van der Waals surface area contributed by atoms with Crippen LogP contribution in [0, 0.1) is 0 Å². The van der Waals surface area contributed by atoms with E-state index in [-0.39, 0.29) is 23.4 Å². The van der Waals surface area contributed by atoms with E-state index in [9.17, 15) is 9.59 Å². The van der Waals surface area contributed by atoms with Crippen molar-refractivity contribution in [2.45, 2.75) is 51.0 Å². The number of hydrogen-bond acceptors (Lipinski definition) is 3. The number of hydrogen-bond donors (Lipinski definition) is 2. The number of carbonyl (C=O) groups excluding carboxylic acids is 1. The van der Waals surface area contributed by atoms with Crippen molar-refractivity contribution in [3.63, 3.8) is 0 Å². The lowest BCUT2D eigenvalue weighted by Crippen LogP contribution is -2.54. The molecule has 2 N–H and O–H groups in total. The molecule has 21 heavy (non-hydrogen) atoms. The lowest BCUT2D eigenvalue weighted by molar-refractivity contribution is -0.139. The summed E-state index contributed by atoms with van der Waals surface area (Å²) in [6, 6.07) is 3.22. The van der Waals surface area contributed by atoms with Gasteiger partial charge in [-0.1, -0.05) is 25.4 Å². The Morgan fingerprint density at radius 1 is 1.43 bits per heavy atom. The topological polar surface area (TPSA) is 79.3 Å². The second-order valence-electron chi connectivity index (χ2n) is 5.92. The zero-order valence-electron chi connectivity index (χ0n) is 12.1. The maximum Gasteiger partial charge on any atom is 0.305 e. The number of carbonyl (C=O) groups is 2. The summed E-state index contributed by atoms with van der Waals surface area (Å²) in [5.41, 5.74) is 0.556. The highest BCUT2D eigenvalue weighted by molar-refractivity contribution is 6.29. The van der Waals surface area contributed by atoms with Crippen molar-refractivity contribution in [3.8, 4) is 0 Å². The molecule has 1 heterocycles. The van der Waals surface area contributed by atoms with E-state index in [0.717, 1.165) is 12.1 Å². The molecule has 1 aliphatic rings. The first-order valence-corrected chi connectivity index (χ1v) is 7.41. The molecular formula is C15H19ClN2O3. The summed E-state index contributed by atoms with van der Waals surface area (Å²) < 4.78 is 0. The first-order chi connectivity index (χ1) is 9.81. The minimum absolute atomic E-state index is 0.0470. The highest BCUT2D eigenvalue weighted by Crippen LogP contribution is 2.35. The molecule has 1 amide bonds. The first-order valence-electron chi connectivity index (χ1n) is 7.03. The SMILES string of the molecule is CC(C)c1cc(C(=O)NC2(CC(=O)O)CCC2)cc(Cl)n1. The zero-order chi connectivity index (χ0) is 15.6. The Bertz CT molecular complexity index is 568. The highest BCUT2D eigenvalue weighted by Gasteiger charge is 2.40. The summed E-state index contributed by atoms with van der Waals surface area (Å²) >= 11 is 5.96. The van der Waals surface area contributed by atoms with E-state index in [0.29, 0.717) is 18.4 Å². The molecule has 1 aromatic heterocycles. The maximum atomic E-state index is 12.4. The molecule has 0 unspecified atom stereocenters. The number of carboxylic acids is 1. The second-order valence-corrected chi connectivity index (χ2v) is 6.30. The minimum Gasteiger partial charge on any atom is -0.481 e. The van der Waals surface area contributed by atoms with Gasteiger partial charge in [-0.15, -0.1) is 0 Å². The molecule has 0 aromatic carbocycles. The molecule has 1 fully saturated rings. The van der Waals surface area contributed by atoms with Gasteiger partial charge in [-0.3, -0.25) is 9.59 Å². The smallest absolute Gasteiger partial charge is 0.305 e. The summed E-state index contributed by atoms with van der Waals surface area (Å²) in [6.07, 6.45) is 2.28. The van der Waals surface area contributed by atoms with E-state index in [1.165, 1.54) is 6.07 Å². The molecule has 5 nitrogen and oxygen atoms in total. The fourth-order valence-electron chi connectivity index (χ4n) is 2.50. The number of carboxylic acid groups (broad SMARTS) is 1. The number of rotatable bonds is 5. The maximum absolute atomic E-state index is 12.4. The van der Waals surface area contributed by atoms with Gasteiger partial charge in [-0.25, -0.2) is 4.98 Å². The Hall–Kier alpha value is -1.62. The van der Waals surface area contributed by atoms with Crippen LogP contribution >= 0.6 is 11.6 Å². The van der Waals surface area contributed by atoms with Gasteiger partial charge in [-0.2, -0.15) is 0 Å². The number of pyridine rings is 1. The average molecular weight is 311 g/mol. The van der Waals surface area contributed by atoms with Crippen LogP contribution in [0.4, 0.5) is 0 Å². The van der Waals surface area contributed by atoms with Crippen LogP contribution in [-0.2, 0) is 4.79 Å². The van der Waals surface area contributed by atoms with Crippen molar-refractivity contribution in [1.29, 1.82) is 0 Å². The molecule has 0 aliphatic heterocycles. The van der Waals surface area contributed by atoms with Crippen molar-refractivity contribution in [1.82, 2.24) is 10.3 Å². The Morgan fingerprint density at radius 3 is 2.57 bits per heavy atom. The van der Waals surface area contributed by atoms with Gasteiger partial charge in [-0.05, 0) is 37.3 Å². The predicted molar refractivity (Wildman–Crippen MR) is 79.6 cm³/mol. The third-order valence-corrected chi connectivity index (χ3v) is 4.04. The standard InChI is InChI=1S/C15H19ClN2O3/c1-9(2)11-6-10(7-12(16)17-11)14(21)18-15(4-3-5-15)8-13(19)20/h6-7,9H,3-5,8H2,1-2H3,(H,18,21)(H,19,20). The summed E-state index contributed by atoms with van der Waals surface area (Å²) in [6.45, 7) is 3.94. The van der Waals surface area contributed by atoms with E-state index < -0.39 is 11.5 Å². The van der Waals surface area contributed by atoms with Crippen LogP contribution in [0.25, 0.3) is 0 Å². The van der Waals surface area contributed by atoms with Gasteiger partial charge in [0.25, 0.3) is 5.91 Å². The molecule has 0 bridgehead atoms. The van der Waals surface area contributed by atoms with Crippen molar-refractivity contribution >= 4 is 23.5 Å². The van der Waals surface area contributed by atoms with Crippen molar-refractivity contribution < 1.29 is 14.7 Å². The third-order valence-electron chi connectivity index (χ3n) is 3.85. The molecule has 0 saturated heterocycles. The fourth-order valence-corrected chi connectivity index (χ4v) is 2.71. The number of aliphatic carboxylic acids is 1. The second kappa shape index (κ2) is 6.02. The van der Waals surface area contributed by atoms with E-state index in [4.69, 9.17) is 16.7 Å². The number of amides is 1. The third kappa shape index (κ3) is 3.73. The molecule has 114 valence electrons. The summed E-state index contributed by atoms with van der Waals surface area (Å²) in [5.74, 6) is -1.03. The highest BCUT2D eigenvalue weighted by atomic mass is 35.5. The van der Waals surface area contributed by atoms with Gasteiger partial charge in [0, 0.05) is 11.3 Å². The largest absolute Gasteiger partial charge is 0.481 e. The molecule has 6 heteroatoms. The number of halogens is 1. The number of aromatic nitrogens is 1. The van der Waals surface area contributed by atoms with Gasteiger partial charge >= 0.3 is 5.97 Å². The van der Waals surface area contributed by atoms with Gasteiger partial charge in [0.05, 0.1) is 12.0 Å². The molecule has 1 aliphatic carbocycles. The van der Waals surface area contributed by atoms with Crippen molar-refractivity contribution in [2.24, 2.45) is 0 Å². The fraction of sp³-hybridized carbons (Fsp3) is 0.533. The lowest BCUT2D eigenvalue weighted by atomic mass is 9.74. The van der Waals surface area contributed by atoms with Gasteiger partial charge in [0.2, 0.25) is 0 Å². The number of nitrogens with zero attached hydrogens (tertiary/aromatic N) is 1. The molecule has 1 aromatic rings. The van der Waals surface area contributed by atoms with Gasteiger partial charge in [0.15, 0.2) is 0 Å². The van der Waals surface area contributed by atoms with E-state index in [1.807, 2.05) is 13.8 Å². The van der Waals surface area contributed by atoms with Crippen molar-refractivity contribution in [2.75, 3.05) is 0 Å². The molecular weight excluding hydrogens is 292 g/mol. The summed E-state index contributed by atoms with van der Waals surface area (Å²) in [4.78, 5) is 27.5. The number of nitrogens with one attached hydrogen (secondary N) is 1. The van der Waals surface area contributed by atoms with Crippen LogP contribution in [0.15, 0.2) is 12.1 Å². The molecule has 1 saturated carbocycles. The Morgan fingerprint density at radius 2 is 2.10 bits per heavy atom. The minimum atomic E-state index is -0.898. The Kier molecular flexibility index (Phi) is 4.52. The van der Waals surface area contributed by atoms with Crippen LogP contribution in [0.2, 0.25) is 5.15 Å². The van der Waals surface area contributed by atoms with Crippen LogP contribution in [0.5, 0.6) is 0 Å². The quantitative estimate of drug-likeness (QED) is 0.819. The van der Waals surface area contributed by atoms with Gasteiger partial charge in [0.1, 0.15) is 5.15 Å². The monoisotopic (exact) mass is 310 g/mol. The normalized spacial score (nSPS) is 16.4. The lowest BCUT2D eigenvalue weighted by Gasteiger charge is -2.41. The van der Waals surface area contributed by atoms with E-state index in [2.05, 4.69) is 10.3 Å². The molecule has 0 atom stereocenters. The van der Waals surface area contributed by atoms with Gasteiger partial charge < -0.3 is 10.4 Å². The Balaban J connectivity index is 2.18. The van der Waals surface area contributed by atoms with Crippen LogP contribution in [0.3, 0.4) is 0 Å². The average Bonchev–Trinajstić information content (AvgIpc) is 2.34. The molecule has 0 spiro atoms. The van der Waals surface area contributed by atoms with E-state index in [1.54, 1.807) is 6.07 Å². The summed E-state index contributed by atoms with van der Waals surface area (Å²) in [5, 5.41) is 12.1. The zero-order valence-corrected chi connectivity index (χ0v) is 12.9. The molecule has 2 rings (SSSR count). The Labute approximate surface area is 128 Å². The van der Waals surface area contributed by atoms with E-state index >= 15 is 0 Å². The van der Waals surface area contributed by atoms with Crippen LogP contribution < -0.4 is 5.32 Å². The van der Waals surface area contributed by atoms with Crippen LogP contribution in [0.1, 0.15) is 61.5 Å². The molecule has 0 radical (unpaired) electrons. The van der Waals surface area contributed by atoms with Crippen LogP contribution in [-0.4, -0.2) is 27.5 Å². The first kappa shape index (κ1) is 15.8. The summed E-state index contributed by atoms with van der Waals surface area (Å²) in [7, 11) is 0. The predicted octanol–water partition coefficient (Wildman–Crippen LogP) is 2.99. The van der Waals surface area contributed by atoms with Crippen molar-refractivity contribution in [3.05, 3.63) is 28.5 Å².